The molecule has 1 amide bonds. The van der Waals surface area contributed by atoms with E-state index in [0.717, 1.165) is 6.42 Å². The van der Waals surface area contributed by atoms with E-state index in [1.165, 1.54) is 42.4 Å². The highest BCUT2D eigenvalue weighted by Gasteiger charge is 2.47. The van der Waals surface area contributed by atoms with Crippen LogP contribution < -0.4 is 10.1 Å². The molecule has 1 N–H and O–H groups in total. The van der Waals surface area contributed by atoms with Crippen LogP contribution in [0.4, 0.5) is 23.7 Å². The maximum Gasteiger partial charge on any atom is 0.573 e. The summed E-state index contributed by atoms with van der Waals surface area (Å²) in [6, 6.07) is 11.9. The van der Waals surface area contributed by atoms with Crippen molar-refractivity contribution in [3.63, 3.8) is 0 Å². The van der Waals surface area contributed by atoms with Crippen LogP contribution in [-0.4, -0.2) is 78.8 Å². The third-order valence-corrected chi connectivity index (χ3v) is 6.23. The smallest absolute Gasteiger partial charge is 0.416 e. The summed E-state index contributed by atoms with van der Waals surface area (Å²) >= 11 is 0. The zero-order valence-electron chi connectivity index (χ0n) is 22.8. The van der Waals surface area contributed by atoms with E-state index in [0.29, 0.717) is 29.4 Å². The first-order valence-electron chi connectivity index (χ1n) is 12.8. The van der Waals surface area contributed by atoms with Gasteiger partial charge in [-0.05, 0) is 61.9 Å². The van der Waals surface area contributed by atoms with Crippen molar-refractivity contribution in [2.24, 2.45) is 0 Å². The zero-order chi connectivity index (χ0) is 29.6. The number of alkyl halides is 3. The van der Waals surface area contributed by atoms with Crippen molar-refractivity contribution in [3.8, 4) is 22.8 Å². The molecule has 1 saturated heterocycles. The molecule has 5 atom stereocenters. The van der Waals surface area contributed by atoms with E-state index in [1.807, 2.05) is 13.8 Å². The lowest BCUT2D eigenvalue weighted by atomic mass is 9.99. The minimum atomic E-state index is -4.77. The standard InChI is InChI=1S/C27H31F3N4O7/c1-5-14-38-22-21(36-3)16(2)39-25(23(22)37-4)40-26(35)32-18-8-6-17(7-9-18)24-31-15-34(33-24)19-10-12-20(13-11-19)41-27(28,29)30/h6-13,15-16,21-23,25H,5,14H2,1-4H3,(H,32,35)/t16-,21-,22-,23-,25-/m0/s1. The quantitative estimate of drug-likeness (QED) is 0.356. The molecular weight excluding hydrogens is 549 g/mol. The maximum absolute atomic E-state index is 12.7. The molecule has 0 aliphatic carbocycles. The van der Waals surface area contributed by atoms with Crippen LogP contribution in [0, 0.1) is 0 Å². The number of ether oxygens (including phenoxy) is 6. The van der Waals surface area contributed by atoms with E-state index < -0.39 is 43.2 Å². The van der Waals surface area contributed by atoms with Crippen LogP contribution in [0.1, 0.15) is 20.3 Å². The number of benzene rings is 2. The number of hydrogen-bond acceptors (Lipinski definition) is 9. The van der Waals surface area contributed by atoms with Crippen molar-refractivity contribution in [1.82, 2.24) is 14.8 Å². The number of hydrogen-bond donors (Lipinski definition) is 1. The van der Waals surface area contributed by atoms with Crippen LogP contribution in [0.3, 0.4) is 0 Å². The van der Waals surface area contributed by atoms with Gasteiger partial charge in [0.1, 0.15) is 30.4 Å². The normalized spacial score (nSPS) is 22.8. The summed E-state index contributed by atoms with van der Waals surface area (Å²) in [5.74, 6) is 0.0300. The molecule has 11 nitrogen and oxygen atoms in total. The SMILES string of the molecule is CCCO[C@@H]1[C@H](OC)[C@H](OC(=O)Nc2ccc(-c3ncn(-c4ccc(OC(F)(F)F)cc4)n3)cc2)O[C@@H](C)[C@@H]1OC. The molecule has 0 bridgehead atoms. The Labute approximate surface area is 234 Å². The number of anilines is 1. The van der Waals surface area contributed by atoms with Crippen molar-refractivity contribution in [3.05, 3.63) is 54.9 Å². The van der Waals surface area contributed by atoms with Gasteiger partial charge in [-0.25, -0.2) is 14.5 Å². The molecule has 41 heavy (non-hydrogen) atoms. The molecule has 0 saturated carbocycles. The number of halogens is 3. The fourth-order valence-electron chi connectivity index (χ4n) is 4.36. The maximum atomic E-state index is 12.7. The fourth-order valence-corrected chi connectivity index (χ4v) is 4.36. The van der Waals surface area contributed by atoms with Gasteiger partial charge in [0.15, 0.2) is 5.82 Å². The van der Waals surface area contributed by atoms with Gasteiger partial charge < -0.3 is 28.4 Å². The molecule has 1 aliphatic heterocycles. The number of nitrogens with one attached hydrogen (secondary N) is 1. The van der Waals surface area contributed by atoms with E-state index in [1.54, 1.807) is 31.4 Å². The summed E-state index contributed by atoms with van der Waals surface area (Å²) in [5, 5.41) is 7.02. The molecule has 4 rings (SSSR count). The number of aromatic nitrogens is 3. The third kappa shape index (κ3) is 7.73. The van der Waals surface area contributed by atoms with Gasteiger partial charge in [0, 0.05) is 32.1 Å². The topological polar surface area (TPSA) is 115 Å². The van der Waals surface area contributed by atoms with Crippen molar-refractivity contribution < 1.29 is 46.4 Å². The average Bonchev–Trinajstić information content (AvgIpc) is 3.42. The number of carbonyl (C=O) groups excluding carboxylic acids is 1. The minimum Gasteiger partial charge on any atom is -0.416 e. The summed E-state index contributed by atoms with van der Waals surface area (Å²) in [5.41, 5.74) is 1.59. The Hall–Kier alpha value is -3.72. The van der Waals surface area contributed by atoms with E-state index in [2.05, 4.69) is 20.1 Å². The Morgan fingerprint density at radius 2 is 1.71 bits per heavy atom. The number of amides is 1. The van der Waals surface area contributed by atoms with Crippen LogP contribution in [0.5, 0.6) is 5.75 Å². The van der Waals surface area contributed by atoms with Crippen molar-refractivity contribution in [1.29, 1.82) is 0 Å². The van der Waals surface area contributed by atoms with Gasteiger partial charge in [-0.3, -0.25) is 5.32 Å². The highest BCUT2D eigenvalue weighted by atomic mass is 19.4. The zero-order valence-corrected chi connectivity index (χ0v) is 22.8. The molecule has 2 aromatic carbocycles. The molecule has 1 aliphatic rings. The number of carbonyl (C=O) groups is 1. The molecule has 3 aromatic rings. The predicted molar refractivity (Wildman–Crippen MR) is 140 cm³/mol. The Bertz CT molecular complexity index is 1270. The second-order valence-electron chi connectivity index (χ2n) is 9.11. The van der Waals surface area contributed by atoms with Crippen LogP contribution in [0.2, 0.25) is 0 Å². The van der Waals surface area contributed by atoms with Crippen LogP contribution >= 0.6 is 0 Å². The van der Waals surface area contributed by atoms with E-state index in [-0.39, 0.29) is 5.75 Å². The molecule has 222 valence electrons. The summed E-state index contributed by atoms with van der Waals surface area (Å²) < 4.78 is 70.9. The monoisotopic (exact) mass is 580 g/mol. The van der Waals surface area contributed by atoms with Gasteiger partial charge in [0.2, 0.25) is 6.29 Å². The summed E-state index contributed by atoms with van der Waals surface area (Å²) in [6.45, 7) is 4.28. The summed E-state index contributed by atoms with van der Waals surface area (Å²) in [7, 11) is 3.05. The lowest BCUT2D eigenvalue weighted by molar-refractivity contribution is -0.292. The second-order valence-corrected chi connectivity index (χ2v) is 9.11. The molecule has 2 heterocycles. The molecular formula is C27H31F3N4O7. The molecule has 0 spiro atoms. The largest absolute Gasteiger partial charge is 0.573 e. The number of nitrogens with zero attached hydrogens (tertiary/aromatic N) is 3. The Morgan fingerprint density at radius 1 is 1.02 bits per heavy atom. The van der Waals surface area contributed by atoms with Gasteiger partial charge >= 0.3 is 12.5 Å². The highest BCUT2D eigenvalue weighted by molar-refractivity contribution is 5.85. The van der Waals surface area contributed by atoms with Crippen LogP contribution in [-0.2, 0) is 23.7 Å². The van der Waals surface area contributed by atoms with Crippen molar-refractivity contribution in [2.75, 3.05) is 26.1 Å². The summed E-state index contributed by atoms with van der Waals surface area (Å²) in [6.07, 6.45) is -6.33. The molecule has 1 fully saturated rings. The van der Waals surface area contributed by atoms with Crippen molar-refractivity contribution >= 4 is 11.8 Å². The third-order valence-electron chi connectivity index (χ3n) is 6.23. The van der Waals surface area contributed by atoms with E-state index in [9.17, 15) is 18.0 Å². The first-order valence-corrected chi connectivity index (χ1v) is 12.8. The number of rotatable bonds is 10. The van der Waals surface area contributed by atoms with Gasteiger partial charge in [0.25, 0.3) is 0 Å². The Balaban J connectivity index is 1.37. The Morgan fingerprint density at radius 3 is 2.32 bits per heavy atom. The van der Waals surface area contributed by atoms with E-state index >= 15 is 0 Å². The molecule has 0 unspecified atom stereocenters. The molecule has 1 aromatic heterocycles. The van der Waals surface area contributed by atoms with Gasteiger partial charge in [-0.1, -0.05) is 6.92 Å². The molecule has 0 radical (unpaired) electrons. The Kier molecular flexibility index (Phi) is 9.81. The second kappa shape index (κ2) is 13.3. The van der Waals surface area contributed by atoms with Gasteiger partial charge in [-0.15, -0.1) is 18.3 Å². The lowest BCUT2D eigenvalue weighted by Crippen LogP contribution is -2.60. The van der Waals surface area contributed by atoms with Crippen LogP contribution in [0.15, 0.2) is 54.9 Å². The summed E-state index contributed by atoms with van der Waals surface area (Å²) in [4.78, 5) is 17.0. The minimum absolute atomic E-state index is 0.339. The lowest BCUT2D eigenvalue weighted by Gasteiger charge is -2.43. The first kappa shape index (κ1) is 30.2. The van der Waals surface area contributed by atoms with Gasteiger partial charge in [0.05, 0.1) is 11.8 Å². The predicted octanol–water partition coefficient (Wildman–Crippen LogP) is 4.95. The fraction of sp³-hybridized carbons (Fsp3) is 0.444. The van der Waals surface area contributed by atoms with Gasteiger partial charge in [-0.2, -0.15) is 0 Å². The average molecular weight is 581 g/mol. The molecule has 14 heteroatoms. The first-order chi connectivity index (χ1) is 19.6. The highest BCUT2D eigenvalue weighted by Crippen LogP contribution is 2.29. The van der Waals surface area contributed by atoms with Crippen molar-refractivity contribution in [2.45, 2.75) is 57.3 Å². The van der Waals surface area contributed by atoms with E-state index in [4.69, 9.17) is 23.7 Å². The van der Waals surface area contributed by atoms with Crippen LogP contribution in [0.25, 0.3) is 17.1 Å². The number of methoxy groups -OCH3 is 2.